The van der Waals surface area contributed by atoms with Crippen molar-refractivity contribution in [3.8, 4) is 0 Å². The molecule has 7 nitrogen and oxygen atoms in total. The van der Waals surface area contributed by atoms with Crippen LogP contribution in [0.4, 0.5) is 0 Å². The number of aromatic nitrogens is 2. The molecule has 0 bridgehead atoms. The predicted molar refractivity (Wildman–Crippen MR) is 124 cm³/mol. The van der Waals surface area contributed by atoms with Crippen LogP contribution in [0.15, 0.2) is 48.0 Å². The van der Waals surface area contributed by atoms with E-state index in [0.717, 1.165) is 29.1 Å². The Morgan fingerprint density at radius 2 is 1.88 bits per heavy atom. The van der Waals surface area contributed by atoms with Crippen molar-refractivity contribution >= 4 is 23.2 Å². The van der Waals surface area contributed by atoms with Crippen LogP contribution in [-0.4, -0.2) is 28.0 Å². The number of nitrogens with one attached hydrogen (secondary N) is 2. The maximum Gasteiger partial charge on any atom is 0.268 e. The molecular weight excluding hydrogens is 424 g/mol. The van der Waals surface area contributed by atoms with Crippen LogP contribution in [0.3, 0.4) is 0 Å². The number of rotatable bonds is 8. The van der Waals surface area contributed by atoms with E-state index >= 15 is 0 Å². The minimum atomic E-state index is -0.204. The predicted octanol–water partition coefficient (Wildman–Crippen LogP) is 4.24. The van der Waals surface area contributed by atoms with Gasteiger partial charge in [-0.1, -0.05) is 44.2 Å². The van der Waals surface area contributed by atoms with Gasteiger partial charge in [-0.15, -0.1) is 11.3 Å². The zero-order valence-corrected chi connectivity index (χ0v) is 19.2. The van der Waals surface area contributed by atoms with Crippen molar-refractivity contribution in [2.24, 2.45) is 0 Å². The lowest BCUT2D eigenvalue weighted by molar-refractivity contribution is 0.0773. The van der Waals surface area contributed by atoms with Gasteiger partial charge in [0.2, 0.25) is 0 Å². The van der Waals surface area contributed by atoms with Gasteiger partial charge < -0.3 is 19.9 Å². The average Bonchev–Trinajstić information content (AvgIpc) is 3.50. The SMILES string of the molecule is CCC(NC(=O)c1cc(C(=O)N[C@H](CC)c2ccccc2)c2n1CCOC2)c1nccs1. The highest BCUT2D eigenvalue weighted by Crippen LogP contribution is 2.25. The number of fused-ring (bicyclic) bond motifs is 1. The molecule has 1 aromatic carbocycles. The van der Waals surface area contributed by atoms with E-state index in [1.165, 1.54) is 11.3 Å². The van der Waals surface area contributed by atoms with Gasteiger partial charge in [-0.25, -0.2) is 4.98 Å². The Labute approximate surface area is 191 Å². The molecule has 3 aromatic rings. The number of carbonyl (C=O) groups is 2. The molecule has 2 aromatic heterocycles. The van der Waals surface area contributed by atoms with E-state index in [1.807, 2.05) is 54.1 Å². The average molecular weight is 453 g/mol. The summed E-state index contributed by atoms with van der Waals surface area (Å²) in [6.45, 7) is 5.41. The first kappa shape index (κ1) is 22.2. The largest absolute Gasteiger partial charge is 0.373 e. The van der Waals surface area contributed by atoms with Gasteiger partial charge in [-0.3, -0.25) is 9.59 Å². The van der Waals surface area contributed by atoms with E-state index in [4.69, 9.17) is 4.74 Å². The number of ether oxygens (including phenoxy) is 1. The van der Waals surface area contributed by atoms with Crippen molar-refractivity contribution in [1.82, 2.24) is 20.2 Å². The summed E-state index contributed by atoms with van der Waals surface area (Å²) in [5.74, 6) is -0.398. The quantitative estimate of drug-likeness (QED) is 0.535. The van der Waals surface area contributed by atoms with Gasteiger partial charge in [0.25, 0.3) is 11.8 Å². The van der Waals surface area contributed by atoms with Gasteiger partial charge in [0.1, 0.15) is 10.7 Å². The van der Waals surface area contributed by atoms with E-state index in [2.05, 4.69) is 15.6 Å². The van der Waals surface area contributed by atoms with E-state index < -0.39 is 0 Å². The first-order valence-electron chi connectivity index (χ1n) is 11.0. The lowest BCUT2D eigenvalue weighted by Gasteiger charge is -2.21. The van der Waals surface area contributed by atoms with E-state index in [-0.39, 0.29) is 23.9 Å². The molecule has 3 heterocycles. The highest BCUT2D eigenvalue weighted by Gasteiger charge is 2.28. The molecule has 0 radical (unpaired) electrons. The van der Waals surface area contributed by atoms with Crippen molar-refractivity contribution in [2.45, 2.75) is 51.9 Å². The second kappa shape index (κ2) is 10.1. The second-order valence-electron chi connectivity index (χ2n) is 7.74. The fourth-order valence-corrected chi connectivity index (χ4v) is 4.80. The highest BCUT2D eigenvalue weighted by atomic mass is 32.1. The topological polar surface area (TPSA) is 85.2 Å². The fraction of sp³-hybridized carbons (Fsp3) is 0.375. The number of nitrogens with zero attached hydrogens (tertiary/aromatic N) is 2. The third-order valence-electron chi connectivity index (χ3n) is 5.76. The maximum atomic E-state index is 13.2. The molecule has 32 heavy (non-hydrogen) atoms. The summed E-state index contributed by atoms with van der Waals surface area (Å²) in [5.41, 5.74) is 2.77. The minimum Gasteiger partial charge on any atom is -0.373 e. The van der Waals surface area contributed by atoms with Gasteiger partial charge in [0, 0.05) is 18.1 Å². The zero-order chi connectivity index (χ0) is 22.5. The molecule has 4 rings (SSSR count). The van der Waals surface area contributed by atoms with Crippen LogP contribution in [0, 0.1) is 0 Å². The molecule has 8 heteroatoms. The molecule has 1 unspecified atom stereocenters. The van der Waals surface area contributed by atoms with Crippen molar-refractivity contribution < 1.29 is 14.3 Å². The monoisotopic (exact) mass is 452 g/mol. The number of hydrogen-bond donors (Lipinski definition) is 2. The third-order valence-corrected chi connectivity index (χ3v) is 6.65. The number of amides is 2. The second-order valence-corrected chi connectivity index (χ2v) is 8.67. The molecule has 1 aliphatic rings. The lowest BCUT2D eigenvalue weighted by atomic mass is 10.0. The van der Waals surface area contributed by atoms with Crippen molar-refractivity contribution in [2.75, 3.05) is 6.61 Å². The summed E-state index contributed by atoms with van der Waals surface area (Å²) in [4.78, 5) is 30.8. The molecule has 1 aliphatic heterocycles. The van der Waals surface area contributed by atoms with Crippen LogP contribution in [0.2, 0.25) is 0 Å². The first-order valence-corrected chi connectivity index (χ1v) is 11.9. The summed E-state index contributed by atoms with van der Waals surface area (Å²) in [7, 11) is 0. The Hall–Kier alpha value is -2.97. The van der Waals surface area contributed by atoms with Crippen molar-refractivity contribution in [3.05, 3.63) is 75.5 Å². The van der Waals surface area contributed by atoms with Crippen molar-refractivity contribution in [1.29, 1.82) is 0 Å². The first-order chi connectivity index (χ1) is 15.6. The standard InChI is InChI=1S/C24H28N4O3S/c1-3-18(16-8-6-5-7-9-16)26-22(29)17-14-20(28-11-12-31-15-21(17)28)23(30)27-19(4-2)24-25-10-13-32-24/h5-10,13-14,18-19H,3-4,11-12,15H2,1-2H3,(H,26,29)(H,27,30)/t18-,19?/m1/s1. The Bertz CT molecular complexity index is 1060. The summed E-state index contributed by atoms with van der Waals surface area (Å²) < 4.78 is 7.52. The molecule has 168 valence electrons. The van der Waals surface area contributed by atoms with Crippen molar-refractivity contribution in [3.63, 3.8) is 0 Å². The number of thiazole rings is 1. The summed E-state index contributed by atoms with van der Waals surface area (Å²) in [5, 5.41) is 8.99. The molecule has 0 spiro atoms. The van der Waals surface area contributed by atoms with Gasteiger partial charge in [0.15, 0.2) is 0 Å². The Morgan fingerprint density at radius 3 is 2.56 bits per heavy atom. The fourth-order valence-electron chi connectivity index (χ4n) is 4.03. The van der Waals surface area contributed by atoms with E-state index in [1.54, 1.807) is 12.3 Å². The van der Waals surface area contributed by atoms with Crippen LogP contribution in [-0.2, 0) is 17.9 Å². The zero-order valence-electron chi connectivity index (χ0n) is 18.3. The van der Waals surface area contributed by atoms with Crippen LogP contribution in [0.1, 0.15) is 75.9 Å². The Kier molecular flexibility index (Phi) is 7.02. The van der Waals surface area contributed by atoms with Gasteiger partial charge >= 0.3 is 0 Å². The minimum absolute atomic E-state index is 0.101. The molecule has 0 fully saturated rings. The van der Waals surface area contributed by atoms with E-state index in [9.17, 15) is 9.59 Å². The highest BCUT2D eigenvalue weighted by molar-refractivity contribution is 7.09. The van der Waals surface area contributed by atoms with Crippen LogP contribution >= 0.6 is 11.3 Å². The molecule has 0 saturated carbocycles. The lowest BCUT2D eigenvalue weighted by Crippen LogP contribution is -2.31. The van der Waals surface area contributed by atoms with Gasteiger partial charge in [0.05, 0.1) is 36.6 Å². The summed E-state index contributed by atoms with van der Waals surface area (Å²) in [6, 6.07) is 11.3. The van der Waals surface area contributed by atoms with Crippen LogP contribution < -0.4 is 10.6 Å². The number of hydrogen-bond acceptors (Lipinski definition) is 5. The molecule has 0 aliphatic carbocycles. The Morgan fingerprint density at radius 1 is 1.12 bits per heavy atom. The van der Waals surface area contributed by atoms with Crippen LogP contribution in [0.5, 0.6) is 0 Å². The summed E-state index contributed by atoms with van der Waals surface area (Å²) in [6.07, 6.45) is 3.24. The number of carbonyl (C=O) groups excluding carboxylic acids is 2. The smallest absolute Gasteiger partial charge is 0.268 e. The molecule has 2 amide bonds. The molecule has 2 N–H and O–H groups in total. The van der Waals surface area contributed by atoms with E-state index in [0.29, 0.717) is 31.0 Å². The Balaban J connectivity index is 1.58. The molecule has 0 saturated heterocycles. The molecule has 2 atom stereocenters. The molecular formula is C24H28N4O3S. The third kappa shape index (κ3) is 4.61. The summed E-state index contributed by atoms with van der Waals surface area (Å²) >= 11 is 1.52. The van der Waals surface area contributed by atoms with Gasteiger partial charge in [-0.05, 0) is 24.5 Å². The normalized spacial score (nSPS) is 14.9. The van der Waals surface area contributed by atoms with Gasteiger partial charge in [-0.2, -0.15) is 0 Å². The number of benzene rings is 1. The van der Waals surface area contributed by atoms with Crippen LogP contribution in [0.25, 0.3) is 0 Å². The maximum absolute atomic E-state index is 13.2.